The van der Waals surface area contributed by atoms with Crippen LogP contribution in [0, 0.1) is 0 Å². The van der Waals surface area contributed by atoms with E-state index in [1.54, 1.807) is 0 Å². The van der Waals surface area contributed by atoms with E-state index >= 15 is 0 Å². The quantitative estimate of drug-likeness (QED) is 0.461. The summed E-state index contributed by atoms with van der Waals surface area (Å²) in [7, 11) is 0. The summed E-state index contributed by atoms with van der Waals surface area (Å²) in [6.07, 6.45) is 3.53. The molecule has 0 heterocycles. The molecule has 2 aliphatic carbocycles. The van der Waals surface area contributed by atoms with Gasteiger partial charge in [-0.2, -0.15) is 0 Å². The summed E-state index contributed by atoms with van der Waals surface area (Å²) in [4.78, 5) is 0. The van der Waals surface area contributed by atoms with Gasteiger partial charge in [0.05, 0.1) is 5.41 Å². The molecule has 3 aromatic rings. The van der Waals surface area contributed by atoms with Gasteiger partial charge in [-0.1, -0.05) is 91.4 Å². The number of fused-ring (bicyclic) bond motifs is 7. The number of hydrogen-bond acceptors (Lipinski definition) is 0. The van der Waals surface area contributed by atoms with Gasteiger partial charge in [-0.3, -0.25) is 0 Å². The van der Waals surface area contributed by atoms with Crippen molar-refractivity contribution in [2.45, 2.75) is 32.6 Å². The summed E-state index contributed by atoms with van der Waals surface area (Å²) in [5.41, 5.74) is 12.5. The standard InChI is InChI=1S/C27H24/c1-4-18(2)17-26-19(3)20-11-5-8-14-23(20)27(26)24-15-9-6-12-21(24)22-13-7-10-16-25(22)27/h5-17H,4H2,1-3H3. The van der Waals surface area contributed by atoms with Crippen molar-refractivity contribution in [3.63, 3.8) is 0 Å². The fourth-order valence-corrected chi connectivity index (χ4v) is 5.09. The molecule has 0 atom stereocenters. The third-order valence-electron chi connectivity index (χ3n) is 6.44. The number of allylic oxidation sites excluding steroid dienone is 4. The third-order valence-corrected chi connectivity index (χ3v) is 6.44. The van der Waals surface area contributed by atoms with Gasteiger partial charge in [-0.25, -0.2) is 0 Å². The van der Waals surface area contributed by atoms with Gasteiger partial charge in [0, 0.05) is 0 Å². The van der Waals surface area contributed by atoms with Crippen LogP contribution >= 0.6 is 0 Å². The molecule has 0 N–H and O–H groups in total. The summed E-state index contributed by atoms with van der Waals surface area (Å²) >= 11 is 0. The SMILES string of the molecule is CCC(C)=CC1=C(C)c2ccccc2C12c1ccccc1-c1ccccc12. The molecule has 0 amide bonds. The molecule has 0 saturated heterocycles. The molecule has 27 heavy (non-hydrogen) atoms. The molecule has 0 heteroatoms. The fourth-order valence-electron chi connectivity index (χ4n) is 5.09. The van der Waals surface area contributed by atoms with Crippen molar-refractivity contribution in [1.29, 1.82) is 0 Å². The topological polar surface area (TPSA) is 0 Å². The minimum atomic E-state index is -0.190. The van der Waals surface area contributed by atoms with Crippen molar-refractivity contribution in [2.75, 3.05) is 0 Å². The van der Waals surface area contributed by atoms with Crippen LogP contribution < -0.4 is 0 Å². The highest BCUT2D eigenvalue weighted by Crippen LogP contribution is 2.61. The Kier molecular flexibility index (Phi) is 3.52. The van der Waals surface area contributed by atoms with Crippen LogP contribution in [0.4, 0.5) is 0 Å². The van der Waals surface area contributed by atoms with E-state index in [0.29, 0.717) is 0 Å². The van der Waals surface area contributed by atoms with Crippen LogP contribution in [0.25, 0.3) is 16.7 Å². The Labute approximate surface area is 161 Å². The van der Waals surface area contributed by atoms with Gasteiger partial charge in [-0.15, -0.1) is 0 Å². The molecule has 0 aromatic heterocycles. The molecule has 0 radical (unpaired) electrons. The van der Waals surface area contributed by atoms with Gasteiger partial charge in [0.15, 0.2) is 0 Å². The van der Waals surface area contributed by atoms with Crippen LogP contribution in [0.15, 0.2) is 90.0 Å². The Bertz CT molecular complexity index is 1080. The second kappa shape index (κ2) is 5.82. The molecule has 5 rings (SSSR count). The van der Waals surface area contributed by atoms with Crippen molar-refractivity contribution in [3.8, 4) is 11.1 Å². The molecule has 2 aliphatic rings. The van der Waals surface area contributed by atoms with E-state index in [9.17, 15) is 0 Å². The number of hydrogen-bond donors (Lipinski definition) is 0. The second-order valence-corrected chi connectivity index (χ2v) is 7.77. The van der Waals surface area contributed by atoms with E-state index in [1.807, 2.05) is 0 Å². The molecule has 3 aromatic carbocycles. The van der Waals surface area contributed by atoms with Crippen LogP contribution in [-0.4, -0.2) is 0 Å². The minimum Gasteiger partial charge on any atom is -0.0733 e. The zero-order valence-electron chi connectivity index (χ0n) is 16.2. The van der Waals surface area contributed by atoms with E-state index < -0.39 is 0 Å². The van der Waals surface area contributed by atoms with Crippen LogP contribution in [0.2, 0.25) is 0 Å². The molecule has 1 spiro atoms. The molecule has 0 bridgehead atoms. The fraction of sp³-hybridized carbons (Fsp3) is 0.185. The van der Waals surface area contributed by atoms with Gasteiger partial charge < -0.3 is 0 Å². The summed E-state index contributed by atoms with van der Waals surface area (Å²) in [6, 6.07) is 26.9. The zero-order valence-corrected chi connectivity index (χ0v) is 16.2. The van der Waals surface area contributed by atoms with Gasteiger partial charge in [0.1, 0.15) is 0 Å². The van der Waals surface area contributed by atoms with Crippen molar-refractivity contribution in [1.82, 2.24) is 0 Å². The number of benzene rings is 3. The minimum absolute atomic E-state index is 0.190. The van der Waals surface area contributed by atoms with Gasteiger partial charge in [0.2, 0.25) is 0 Å². The zero-order chi connectivity index (χ0) is 18.6. The highest BCUT2D eigenvalue weighted by Gasteiger charge is 2.51. The lowest BCUT2D eigenvalue weighted by molar-refractivity contribution is 0.783. The van der Waals surface area contributed by atoms with E-state index in [4.69, 9.17) is 0 Å². The first-order valence-corrected chi connectivity index (χ1v) is 9.87. The third kappa shape index (κ3) is 1.99. The molecule has 0 aliphatic heterocycles. The first kappa shape index (κ1) is 16.3. The molecule has 0 fully saturated rings. The Balaban J connectivity index is 1.98. The monoisotopic (exact) mass is 348 g/mol. The van der Waals surface area contributed by atoms with E-state index in [1.165, 1.54) is 50.1 Å². The van der Waals surface area contributed by atoms with Crippen LogP contribution in [0.5, 0.6) is 0 Å². The largest absolute Gasteiger partial charge is 0.0733 e. The molecule has 132 valence electrons. The summed E-state index contributed by atoms with van der Waals surface area (Å²) in [5, 5.41) is 0. The maximum absolute atomic E-state index is 2.45. The van der Waals surface area contributed by atoms with E-state index in [2.05, 4.69) is 99.6 Å². The lowest BCUT2D eigenvalue weighted by Crippen LogP contribution is -2.26. The Morgan fingerprint density at radius 3 is 1.70 bits per heavy atom. The van der Waals surface area contributed by atoms with Crippen LogP contribution in [-0.2, 0) is 5.41 Å². The second-order valence-electron chi connectivity index (χ2n) is 7.77. The smallest absolute Gasteiger partial charge is 0.0722 e. The first-order valence-electron chi connectivity index (χ1n) is 9.87. The predicted molar refractivity (Wildman–Crippen MR) is 115 cm³/mol. The van der Waals surface area contributed by atoms with Crippen molar-refractivity contribution in [2.24, 2.45) is 0 Å². The van der Waals surface area contributed by atoms with Crippen LogP contribution in [0.3, 0.4) is 0 Å². The highest BCUT2D eigenvalue weighted by atomic mass is 14.5. The Morgan fingerprint density at radius 2 is 1.19 bits per heavy atom. The van der Waals surface area contributed by atoms with Gasteiger partial charge in [-0.05, 0) is 64.8 Å². The summed E-state index contributed by atoms with van der Waals surface area (Å²) in [5.74, 6) is 0. The Hall–Kier alpha value is -2.86. The molecular formula is C27H24. The average Bonchev–Trinajstić information content (AvgIpc) is 3.15. The molecule has 0 unspecified atom stereocenters. The van der Waals surface area contributed by atoms with Crippen molar-refractivity contribution in [3.05, 3.63) is 112 Å². The van der Waals surface area contributed by atoms with Crippen molar-refractivity contribution >= 4 is 5.57 Å². The maximum atomic E-state index is 2.45. The Morgan fingerprint density at radius 1 is 0.741 bits per heavy atom. The molecular weight excluding hydrogens is 324 g/mol. The lowest BCUT2D eigenvalue weighted by atomic mass is 9.69. The predicted octanol–water partition coefficient (Wildman–Crippen LogP) is 7.14. The van der Waals surface area contributed by atoms with E-state index in [0.717, 1.165) is 6.42 Å². The molecule has 0 saturated carbocycles. The van der Waals surface area contributed by atoms with Gasteiger partial charge >= 0.3 is 0 Å². The van der Waals surface area contributed by atoms with Crippen LogP contribution in [0.1, 0.15) is 49.4 Å². The summed E-state index contributed by atoms with van der Waals surface area (Å²) in [6.45, 7) is 6.79. The number of rotatable bonds is 2. The lowest BCUT2D eigenvalue weighted by Gasteiger charge is -2.32. The van der Waals surface area contributed by atoms with E-state index in [-0.39, 0.29) is 5.41 Å². The highest BCUT2D eigenvalue weighted by molar-refractivity contribution is 5.95. The van der Waals surface area contributed by atoms with Crippen molar-refractivity contribution < 1.29 is 0 Å². The maximum Gasteiger partial charge on any atom is 0.0722 e. The van der Waals surface area contributed by atoms with Gasteiger partial charge in [0.25, 0.3) is 0 Å². The summed E-state index contributed by atoms with van der Waals surface area (Å²) < 4.78 is 0. The first-order chi connectivity index (χ1) is 13.2. The molecule has 0 nitrogen and oxygen atoms in total. The normalized spacial score (nSPS) is 16.5. The average molecular weight is 348 g/mol.